The second kappa shape index (κ2) is 11.7. The summed E-state index contributed by atoms with van der Waals surface area (Å²) in [6.45, 7) is 2.18. The summed E-state index contributed by atoms with van der Waals surface area (Å²) in [7, 11) is 0. The number of carbonyl (C=O) groups excluding carboxylic acids is 3. The Kier molecular flexibility index (Phi) is 7.97. The molecule has 0 fully saturated rings. The normalized spacial score (nSPS) is 12.7. The number of rotatable bonds is 9. The molecule has 1 aliphatic heterocycles. The lowest BCUT2D eigenvalue weighted by molar-refractivity contribution is -0.123. The molecular weight excluding hydrogens is 460 g/mol. The van der Waals surface area contributed by atoms with E-state index in [2.05, 4.69) is 10.6 Å². The van der Waals surface area contributed by atoms with Gasteiger partial charge in [0.1, 0.15) is 6.04 Å². The molecule has 1 heterocycles. The third kappa shape index (κ3) is 6.50. The summed E-state index contributed by atoms with van der Waals surface area (Å²) in [5.41, 5.74) is 2.55. The molecule has 0 aromatic heterocycles. The number of carbonyl (C=O) groups is 3. The van der Waals surface area contributed by atoms with E-state index < -0.39 is 17.9 Å². The molecule has 3 aromatic rings. The van der Waals surface area contributed by atoms with Crippen molar-refractivity contribution in [1.82, 2.24) is 5.32 Å². The fourth-order valence-corrected chi connectivity index (χ4v) is 3.60. The van der Waals surface area contributed by atoms with Crippen LogP contribution >= 0.6 is 0 Å². The Morgan fingerprint density at radius 2 is 1.72 bits per heavy atom. The van der Waals surface area contributed by atoms with E-state index in [1.807, 2.05) is 36.4 Å². The summed E-state index contributed by atoms with van der Waals surface area (Å²) < 4.78 is 15.6. The fourth-order valence-electron chi connectivity index (χ4n) is 3.60. The molecule has 8 nitrogen and oxygen atoms in total. The van der Waals surface area contributed by atoms with Crippen LogP contribution in [0.1, 0.15) is 28.4 Å². The number of hydrogen-bond donors (Lipinski definition) is 2. The second-order valence-corrected chi connectivity index (χ2v) is 7.98. The molecule has 2 N–H and O–H groups in total. The minimum absolute atomic E-state index is 0.171. The van der Waals surface area contributed by atoms with E-state index in [0.717, 1.165) is 11.1 Å². The van der Waals surface area contributed by atoms with Gasteiger partial charge >= 0.3 is 5.97 Å². The lowest BCUT2D eigenvalue weighted by atomic mass is 10.0. The number of ether oxygens (including phenoxy) is 3. The summed E-state index contributed by atoms with van der Waals surface area (Å²) in [4.78, 5) is 37.7. The molecule has 2 amide bonds. The van der Waals surface area contributed by atoms with Gasteiger partial charge in [-0.3, -0.25) is 9.59 Å². The van der Waals surface area contributed by atoms with Gasteiger partial charge in [0, 0.05) is 18.2 Å². The van der Waals surface area contributed by atoms with Gasteiger partial charge in [-0.05, 0) is 60.5 Å². The lowest BCUT2D eigenvalue weighted by Crippen LogP contribution is -2.44. The average molecular weight is 487 g/mol. The number of nitrogens with one attached hydrogen (secondary N) is 2. The van der Waals surface area contributed by atoms with E-state index >= 15 is 0 Å². The Labute approximate surface area is 208 Å². The standard InChI is InChI=1S/C28H26N2O6/c1-2-34-28(33)21-10-12-22(13-11-21)29-27(32)23(16-19-6-4-3-5-7-19)30-26(31)15-9-20-8-14-24-25(17-20)36-18-35-24/h3-15,17,23H,2,16,18H2,1H3,(H,29,32)(H,30,31)/b15-9+/t23-/m0/s1. The highest BCUT2D eigenvalue weighted by atomic mass is 16.7. The van der Waals surface area contributed by atoms with E-state index in [4.69, 9.17) is 14.2 Å². The molecule has 0 radical (unpaired) electrons. The maximum absolute atomic E-state index is 13.1. The van der Waals surface area contributed by atoms with Crippen molar-refractivity contribution in [3.05, 3.63) is 95.6 Å². The molecule has 4 rings (SSSR count). The van der Waals surface area contributed by atoms with E-state index in [9.17, 15) is 14.4 Å². The lowest BCUT2D eigenvalue weighted by Gasteiger charge is -2.18. The first-order valence-electron chi connectivity index (χ1n) is 11.5. The number of amides is 2. The van der Waals surface area contributed by atoms with E-state index in [1.54, 1.807) is 49.4 Å². The monoisotopic (exact) mass is 486 g/mol. The fraction of sp³-hybridized carbons (Fsp3) is 0.179. The van der Waals surface area contributed by atoms with Crippen molar-refractivity contribution in [3.63, 3.8) is 0 Å². The molecule has 8 heteroatoms. The highest BCUT2D eigenvalue weighted by Gasteiger charge is 2.21. The number of anilines is 1. The molecular formula is C28H26N2O6. The highest BCUT2D eigenvalue weighted by Crippen LogP contribution is 2.32. The van der Waals surface area contributed by atoms with Crippen LogP contribution in [0.5, 0.6) is 11.5 Å². The Bertz CT molecular complexity index is 1250. The molecule has 0 saturated carbocycles. The maximum atomic E-state index is 13.1. The quantitative estimate of drug-likeness (QED) is 0.351. The Morgan fingerprint density at radius 3 is 2.47 bits per heavy atom. The molecule has 0 saturated heterocycles. The summed E-state index contributed by atoms with van der Waals surface area (Å²) in [5.74, 6) is 0.0483. The van der Waals surface area contributed by atoms with Crippen LogP contribution in [0.15, 0.2) is 78.9 Å². The Morgan fingerprint density at radius 1 is 0.972 bits per heavy atom. The average Bonchev–Trinajstić information content (AvgIpc) is 3.36. The molecule has 184 valence electrons. The summed E-state index contributed by atoms with van der Waals surface area (Å²) in [6, 6.07) is 20.3. The Hall–Kier alpha value is -4.59. The maximum Gasteiger partial charge on any atom is 0.338 e. The molecule has 36 heavy (non-hydrogen) atoms. The van der Waals surface area contributed by atoms with Gasteiger partial charge in [-0.15, -0.1) is 0 Å². The minimum Gasteiger partial charge on any atom is -0.462 e. The van der Waals surface area contributed by atoms with Crippen LogP contribution in [0.3, 0.4) is 0 Å². The van der Waals surface area contributed by atoms with Crippen LogP contribution in [0, 0.1) is 0 Å². The van der Waals surface area contributed by atoms with Gasteiger partial charge in [0.15, 0.2) is 11.5 Å². The molecule has 0 unspecified atom stereocenters. The van der Waals surface area contributed by atoms with Crippen molar-refractivity contribution in [2.75, 3.05) is 18.7 Å². The van der Waals surface area contributed by atoms with Gasteiger partial charge < -0.3 is 24.8 Å². The molecule has 0 spiro atoms. The zero-order chi connectivity index (χ0) is 25.3. The van der Waals surface area contributed by atoms with Crippen LogP contribution in [-0.2, 0) is 20.7 Å². The van der Waals surface area contributed by atoms with Gasteiger partial charge in [-0.1, -0.05) is 36.4 Å². The van der Waals surface area contributed by atoms with Crippen molar-refractivity contribution >= 4 is 29.5 Å². The predicted molar refractivity (Wildman–Crippen MR) is 135 cm³/mol. The van der Waals surface area contributed by atoms with Crippen LogP contribution < -0.4 is 20.1 Å². The number of fused-ring (bicyclic) bond motifs is 1. The van der Waals surface area contributed by atoms with Crippen molar-refractivity contribution in [1.29, 1.82) is 0 Å². The topological polar surface area (TPSA) is 103 Å². The third-order valence-electron chi connectivity index (χ3n) is 5.40. The molecule has 0 bridgehead atoms. The third-order valence-corrected chi connectivity index (χ3v) is 5.40. The van der Waals surface area contributed by atoms with Crippen LogP contribution in [-0.4, -0.2) is 37.2 Å². The zero-order valence-corrected chi connectivity index (χ0v) is 19.7. The molecule has 1 atom stereocenters. The number of esters is 1. The van der Waals surface area contributed by atoms with Gasteiger partial charge in [0.25, 0.3) is 0 Å². The van der Waals surface area contributed by atoms with Gasteiger partial charge in [0.05, 0.1) is 12.2 Å². The van der Waals surface area contributed by atoms with Crippen LogP contribution in [0.25, 0.3) is 6.08 Å². The van der Waals surface area contributed by atoms with E-state index in [1.165, 1.54) is 6.08 Å². The first-order chi connectivity index (χ1) is 17.5. The molecule has 1 aliphatic rings. The summed E-state index contributed by atoms with van der Waals surface area (Å²) >= 11 is 0. The van der Waals surface area contributed by atoms with Gasteiger partial charge in [0.2, 0.25) is 18.6 Å². The SMILES string of the molecule is CCOC(=O)c1ccc(NC(=O)[C@H](Cc2ccccc2)NC(=O)/C=C/c2ccc3c(c2)OCO3)cc1. The Balaban J connectivity index is 1.44. The van der Waals surface area contributed by atoms with Gasteiger partial charge in [-0.25, -0.2) is 4.79 Å². The first-order valence-corrected chi connectivity index (χ1v) is 11.5. The second-order valence-electron chi connectivity index (χ2n) is 7.98. The van der Waals surface area contributed by atoms with Crippen molar-refractivity contribution in [2.45, 2.75) is 19.4 Å². The smallest absolute Gasteiger partial charge is 0.338 e. The van der Waals surface area contributed by atoms with Crippen molar-refractivity contribution in [3.8, 4) is 11.5 Å². The van der Waals surface area contributed by atoms with E-state index in [0.29, 0.717) is 29.2 Å². The van der Waals surface area contributed by atoms with E-state index in [-0.39, 0.29) is 19.3 Å². The zero-order valence-electron chi connectivity index (χ0n) is 19.7. The van der Waals surface area contributed by atoms with Gasteiger partial charge in [-0.2, -0.15) is 0 Å². The minimum atomic E-state index is -0.828. The number of benzene rings is 3. The predicted octanol–water partition coefficient (Wildman–Crippen LogP) is 3.97. The summed E-state index contributed by atoms with van der Waals surface area (Å²) in [6.07, 6.45) is 3.32. The molecule has 0 aliphatic carbocycles. The van der Waals surface area contributed by atoms with Crippen molar-refractivity contribution in [2.24, 2.45) is 0 Å². The summed E-state index contributed by atoms with van der Waals surface area (Å²) in [5, 5.41) is 5.59. The highest BCUT2D eigenvalue weighted by molar-refractivity contribution is 6.00. The van der Waals surface area contributed by atoms with Crippen LogP contribution in [0.2, 0.25) is 0 Å². The van der Waals surface area contributed by atoms with Crippen molar-refractivity contribution < 1.29 is 28.6 Å². The van der Waals surface area contributed by atoms with Crippen LogP contribution in [0.4, 0.5) is 5.69 Å². The molecule has 3 aromatic carbocycles. The first kappa shape index (κ1) is 24.5. The largest absolute Gasteiger partial charge is 0.462 e. The number of hydrogen-bond acceptors (Lipinski definition) is 6.